The van der Waals surface area contributed by atoms with Gasteiger partial charge in [-0.1, -0.05) is 5.10 Å². The normalized spacial score (nSPS) is 23.1. The van der Waals surface area contributed by atoms with Crippen LogP contribution in [0.4, 0.5) is 5.69 Å². The molecular weight excluding hydrogens is 446 g/mol. The van der Waals surface area contributed by atoms with Crippen LogP contribution in [0.25, 0.3) is 17.0 Å². The number of benzene rings is 1. The molecule has 3 aliphatic rings. The van der Waals surface area contributed by atoms with E-state index in [1.54, 1.807) is 30.0 Å². The van der Waals surface area contributed by atoms with Gasteiger partial charge in [0.05, 0.1) is 35.4 Å². The van der Waals surface area contributed by atoms with Crippen molar-refractivity contribution in [1.82, 2.24) is 29.4 Å². The highest BCUT2D eigenvalue weighted by Crippen LogP contribution is 2.38. The van der Waals surface area contributed by atoms with Crippen LogP contribution in [-0.4, -0.2) is 84.0 Å². The number of nitrogens with zero attached hydrogens (tertiary/aromatic N) is 6. The predicted octanol–water partition coefficient (Wildman–Crippen LogP) is 1.07. The van der Waals surface area contributed by atoms with Gasteiger partial charge in [-0.15, -0.1) is 5.10 Å². The van der Waals surface area contributed by atoms with Gasteiger partial charge in [-0.2, -0.15) is 0 Å². The molecule has 3 aromatic rings. The number of hydrogen-bond donors (Lipinski definition) is 1. The van der Waals surface area contributed by atoms with E-state index in [1.165, 1.54) is 0 Å². The van der Waals surface area contributed by atoms with Crippen LogP contribution >= 0.6 is 0 Å². The molecule has 2 aromatic heterocycles. The number of ether oxygens (including phenoxy) is 1. The van der Waals surface area contributed by atoms with Crippen LogP contribution in [0.3, 0.4) is 0 Å². The monoisotopic (exact) mass is 473 g/mol. The predicted molar refractivity (Wildman–Crippen MR) is 120 cm³/mol. The Labute approximate surface area is 191 Å². The van der Waals surface area contributed by atoms with E-state index in [0.29, 0.717) is 23.5 Å². The SMILES string of the molecule is Cc1nnc(-n2cnc3c(N4CCN5CCOC[C@H]5C4)cc(S(=O)(=O)NC4(C)CC4)cc32)o1. The minimum Gasteiger partial charge on any atom is -0.408 e. The maximum Gasteiger partial charge on any atom is 0.328 e. The Bertz CT molecular complexity index is 1310. The quantitative estimate of drug-likeness (QED) is 0.580. The van der Waals surface area contributed by atoms with E-state index in [0.717, 1.165) is 51.3 Å². The molecule has 3 fully saturated rings. The fourth-order valence-electron chi connectivity index (χ4n) is 4.64. The van der Waals surface area contributed by atoms with Crippen molar-refractivity contribution in [3.05, 3.63) is 24.4 Å². The van der Waals surface area contributed by atoms with E-state index in [9.17, 15) is 8.42 Å². The number of anilines is 1. The number of imidazole rings is 1. The lowest BCUT2D eigenvalue weighted by molar-refractivity contribution is -0.0116. The van der Waals surface area contributed by atoms with E-state index in [-0.39, 0.29) is 22.5 Å². The van der Waals surface area contributed by atoms with Crippen LogP contribution < -0.4 is 9.62 Å². The van der Waals surface area contributed by atoms with Crippen molar-refractivity contribution in [2.75, 3.05) is 44.3 Å². The van der Waals surface area contributed by atoms with Crippen LogP contribution in [0.1, 0.15) is 25.7 Å². The number of aryl methyl sites for hydroxylation is 1. The third kappa shape index (κ3) is 3.80. The van der Waals surface area contributed by atoms with Gasteiger partial charge in [0.1, 0.15) is 11.8 Å². The number of morpholine rings is 1. The molecule has 1 atom stereocenters. The number of sulfonamides is 1. The smallest absolute Gasteiger partial charge is 0.328 e. The molecule has 1 aromatic carbocycles. The van der Waals surface area contributed by atoms with Crippen LogP contribution in [0, 0.1) is 6.92 Å². The van der Waals surface area contributed by atoms with Gasteiger partial charge >= 0.3 is 6.01 Å². The first kappa shape index (κ1) is 21.0. The third-order valence-corrected chi connectivity index (χ3v) is 8.41. The summed E-state index contributed by atoms with van der Waals surface area (Å²) in [7, 11) is -3.72. The molecule has 2 aliphatic heterocycles. The third-order valence-electron chi connectivity index (χ3n) is 6.80. The van der Waals surface area contributed by atoms with E-state index in [1.807, 2.05) is 6.92 Å². The maximum atomic E-state index is 13.3. The van der Waals surface area contributed by atoms with Crippen LogP contribution in [0.15, 0.2) is 27.8 Å². The van der Waals surface area contributed by atoms with Crippen molar-refractivity contribution >= 4 is 26.7 Å². The Morgan fingerprint density at radius 1 is 1.18 bits per heavy atom. The summed E-state index contributed by atoms with van der Waals surface area (Å²) in [4.78, 5) is 9.49. The van der Waals surface area contributed by atoms with Crippen LogP contribution in [0.2, 0.25) is 0 Å². The van der Waals surface area contributed by atoms with Crippen molar-refractivity contribution in [3.8, 4) is 6.01 Å². The summed E-state index contributed by atoms with van der Waals surface area (Å²) in [5.74, 6) is 0.424. The first-order chi connectivity index (χ1) is 15.8. The van der Waals surface area contributed by atoms with Crippen molar-refractivity contribution in [3.63, 3.8) is 0 Å². The first-order valence-electron chi connectivity index (χ1n) is 11.2. The second-order valence-electron chi connectivity index (χ2n) is 9.41. The van der Waals surface area contributed by atoms with Crippen LogP contribution in [-0.2, 0) is 14.8 Å². The minimum absolute atomic E-state index is 0.207. The molecule has 1 saturated carbocycles. The summed E-state index contributed by atoms with van der Waals surface area (Å²) < 4.78 is 42.5. The van der Waals surface area contributed by atoms with E-state index < -0.39 is 10.0 Å². The van der Waals surface area contributed by atoms with Gasteiger partial charge < -0.3 is 14.1 Å². The molecule has 2 saturated heterocycles. The Morgan fingerprint density at radius 3 is 2.79 bits per heavy atom. The molecule has 0 bridgehead atoms. The average molecular weight is 474 g/mol. The van der Waals surface area contributed by atoms with Crippen molar-refractivity contribution < 1.29 is 17.6 Å². The lowest BCUT2D eigenvalue weighted by Gasteiger charge is -2.44. The highest BCUT2D eigenvalue weighted by molar-refractivity contribution is 7.89. The standard InChI is InChI=1S/C21H27N7O4S/c1-14-23-24-20(32-14)28-13-22-19-17(27-6-5-26-7-8-31-12-15(26)11-27)9-16(10-18(19)28)33(29,30)25-21(2)3-4-21/h9-10,13,15,25H,3-8,11-12H2,1-2H3/t15-/m1/s1. The number of aromatic nitrogens is 4. The second-order valence-corrected chi connectivity index (χ2v) is 11.1. The van der Waals surface area contributed by atoms with E-state index >= 15 is 0 Å². The second kappa shape index (κ2) is 7.49. The van der Waals surface area contributed by atoms with Crippen molar-refractivity contribution in [2.24, 2.45) is 0 Å². The number of rotatable bonds is 5. The molecule has 1 aliphatic carbocycles. The molecular formula is C21H27N7O4S. The number of hydrogen-bond acceptors (Lipinski definition) is 9. The molecule has 0 unspecified atom stereocenters. The molecule has 1 N–H and O–H groups in total. The molecule has 4 heterocycles. The summed E-state index contributed by atoms with van der Waals surface area (Å²) in [6.07, 6.45) is 3.28. The van der Waals surface area contributed by atoms with E-state index in [4.69, 9.17) is 9.15 Å². The summed E-state index contributed by atoms with van der Waals surface area (Å²) >= 11 is 0. The summed E-state index contributed by atoms with van der Waals surface area (Å²) in [5.41, 5.74) is 1.73. The zero-order chi connectivity index (χ0) is 22.8. The van der Waals surface area contributed by atoms with Gasteiger partial charge in [-0.05, 0) is 31.9 Å². The van der Waals surface area contributed by atoms with Crippen molar-refractivity contribution in [1.29, 1.82) is 0 Å². The molecule has 0 spiro atoms. The fraction of sp³-hybridized carbons (Fsp3) is 0.571. The van der Waals surface area contributed by atoms with Gasteiger partial charge in [0, 0.05) is 38.6 Å². The van der Waals surface area contributed by atoms with Crippen LogP contribution in [0.5, 0.6) is 0 Å². The molecule has 11 nitrogen and oxygen atoms in total. The fourth-order valence-corrected chi connectivity index (χ4v) is 6.15. The summed E-state index contributed by atoms with van der Waals surface area (Å²) in [6.45, 7) is 8.42. The zero-order valence-electron chi connectivity index (χ0n) is 18.7. The molecule has 176 valence electrons. The Balaban J connectivity index is 1.47. The van der Waals surface area contributed by atoms with E-state index in [2.05, 4.69) is 29.7 Å². The Kier molecular flexibility index (Phi) is 4.77. The topological polar surface area (TPSA) is 119 Å². The molecule has 6 rings (SSSR count). The molecule has 0 radical (unpaired) electrons. The molecule has 33 heavy (non-hydrogen) atoms. The molecule has 12 heteroatoms. The lowest BCUT2D eigenvalue weighted by atomic mass is 10.1. The minimum atomic E-state index is -3.72. The maximum absolute atomic E-state index is 13.3. The van der Waals surface area contributed by atoms with Gasteiger partial charge in [0.15, 0.2) is 0 Å². The van der Waals surface area contributed by atoms with Crippen molar-refractivity contribution in [2.45, 2.75) is 43.2 Å². The van der Waals surface area contributed by atoms with Gasteiger partial charge in [-0.3, -0.25) is 9.47 Å². The highest BCUT2D eigenvalue weighted by atomic mass is 32.2. The number of nitrogens with one attached hydrogen (secondary N) is 1. The molecule has 0 amide bonds. The summed E-state index contributed by atoms with van der Waals surface area (Å²) in [5, 5.41) is 8.01. The zero-order valence-corrected chi connectivity index (χ0v) is 19.5. The van der Waals surface area contributed by atoms with Gasteiger partial charge in [0.2, 0.25) is 15.9 Å². The first-order valence-corrected chi connectivity index (χ1v) is 12.7. The summed E-state index contributed by atoms with van der Waals surface area (Å²) in [6, 6.07) is 3.90. The number of fused-ring (bicyclic) bond motifs is 2. The average Bonchev–Trinajstić information content (AvgIpc) is 3.17. The van der Waals surface area contributed by atoms with Gasteiger partial charge in [-0.25, -0.2) is 18.1 Å². The Morgan fingerprint density at radius 2 is 2.03 bits per heavy atom. The largest absolute Gasteiger partial charge is 0.408 e. The number of piperazine rings is 1. The Hall–Kier alpha value is -2.54. The lowest BCUT2D eigenvalue weighted by Crippen LogP contribution is -2.58. The highest BCUT2D eigenvalue weighted by Gasteiger charge is 2.41. The van der Waals surface area contributed by atoms with Gasteiger partial charge in [0.25, 0.3) is 0 Å².